The van der Waals surface area contributed by atoms with Gasteiger partial charge in [-0.15, -0.1) is 0 Å². The highest BCUT2D eigenvalue weighted by Gasteiger charge is 2.18. The average Bonchev–Trinajstić information content (AvgIpc) is 2.72. The van der Waals surface area contributed by atoms with E-state index in [0.717, 1.165) is 16.7 Å². The molecule has 0 saturated carbocycles. The van der Waals surface area contributed by atoms with Crippen molar-refractivity contribution in [3.63, 3.8) is 0 Å². The first-order valence-electron chi connectivity index (χ1n) is 10.2. The first-order chi connectivity index (χ1) is 14.6. The Labute approximate surface area is 184 Å². The van der Waals surface area contributed by atoms with Crippen molar-refractivity contribution in [3.05, 3.63) is 94.0 Å². The third-order valence-electron chi connectivity index (χ3n) is 5.49. The van der Waals surface area contributed by atoms with Gasteiger partial charge in [0.25, 0.3) is 15.9 Å². The smallest absolute Gasteiger partial charge is 0.261 e. The van der Waals surface area contributed by atoms with Crippen LogP contribution in [0, 0.1) is 27.7 Å². The molecule has 31 heavy (non-hydrogen) atoms. The van der Waals surface area contributed by atoms with Gasteiger partial charge in [0.05, 0.1) is 16.6 Å². The Hall–Kier alpha value is -3.12. The lowest BCUT2D eigenvalue weighted by Gasteiger charge is -2.19. The zero-order valence-corrected chi connectivity index (χ0v) is 19.3. The molecule has 1 amide bonds. The number of amides is 1. The van der Waals surface area contributed by atoms with Gasteiger partial charge in [-0.05, 0) is 86.7 Å². The Morgan fingerprint density at radius 3 is 2.13 bits per heavy atom. The Balaban J connectivity index is 1.82. The van der Waals surface area contributed by atoms with E-state index in [9.17, 15) is 13.2 Å². The highest BCUT2D eigenvalue weighted by molar-refractivity contribution is 7.92. The molecule has 0 aliphatic carbocycles. The fourth-order valence-corrected chi connectivity index (χ4v) is 4.63. The summed E-state index contributed by atoms with van der Waals surface area (Å²) in [6.07, 6.45) is 0. The predicted octanol–water partition coefficient (Wildman–Crippen LogP) is 5.21. The quantitative estimate of drug-likeness (QED) is 0.557. The molecule has 0 radical (unpaired) electrons. The van der Waals surface area contributed by atoms with Gasteiger partial charge in [0.2, 0.25) is 0 Å². The van der Waals surface area contributed by atoms with Crippen LogP contribution in [0.5, 0.6) is 0 Å². The Morgan fingerprint density at radius 1 is 0.806 bits per heavy atom. The first-order valence-corrected chi connectivity index (χ1v) is 11.6. The summed E-state index contributed by atoms with van der Waals surface area (Å²) < 4.78 is 28.0. The van der Waals surface area contributed by atoms with Gasteiger partial charge in [0.1, 0.15) is 0 Å². The lowest BCUT2D eigenvalue weighted by atomic mass is 9.96. The van der Waals surface area contributed by atoms with E-state index in [1.165, 1.54) is 23.3 Å². The zero-order valence-electron chi connectivity index (χ0n) is 18.5. The summed E-state index contributed by atoms with van der Waals surface area (Å²) in [5.74, 6) is -0.259. The second-order valence-corrected chi connectivity index (χ2v) is 9.62. The Bertz CT molecular complexity index is 1220. The lowest BCUT2D eigenvalue weighted by Crippen LogP contribution is -2.27. The van der Waals surface area contributed by atoms with Crippen molar-refractivity contribution >= 4 is 21.6 Å². The van der Waals surface area contributed by atoms with Gasteiger partial charge in [-0.1, -0.05) is 36.4 Å². The molecule has 0 saturated heterocycles. The van der Waals surface area contributed by atoms with E-state index in [1.807, 2.05) is 13.8 Å². The molecule has 5 nitrogen and oxygen atoms in total. The molecule has 3 aromatic carbocycles. The fourth-order valence-electron chi connectivity index (χ4n) is 3.48. The molecular weight excluding hydrogens is 408 g/mol. The predicted molar refractivity (Wildman–Crippen MR) is 125 cm³/mol. The maximum absolute atomic E-state index is 12.9. The number of benzene rings is 3. The Kier molecular flexibility index (Phi) is 6.51. The SMILES string of the molecule is Cc1cc(C)c(C(C)NC(=O)c2ccc(C)c(NS(=O)(=O)c3ccccc3)c2)cc1C. The number of aryl methyl sites for hydroxylation is 4. The number of nitrogens with one attached hydrogen (secondary N) is 2. The maximum Gasteiger partial charge on any atom is 0.261 e. The summed E-state index contributed by atoms with van der Waals surface area (Å²) in [5, 5.41) is 3.03. The number of anilines is 1. The summed E-state index contributed by atoms with van der Waals surface area (Å²) in [5.41, 5.74) is 6.08. The lowest BCUT2D eigenvalue weighted by molar-refractivity contribution is 0.0940. The molecular formula is C25H28N2O3S. The van der Waals surface area contributed by atoms with Crippen LogP contribution in [0.25, 0.3) is 0 Å². The van der Waals surface area contributed by atoms with Gasteiger partial charge < -0.3 is 5.32 Å². The van der Waals surface area contributed by atoms with Crippen molar-refractivity contribution in [2.75, 3.05) is 4.72 Å². The second-order valence-electron chi connectivity index (χ2n) is 7.94. The van der Waals surface area contributed by atoms with E-state index in [2.05, 4.69) is 36.0 Å². The summed E-state index contributed by atoms with van der Waals surface area (Å²) in [7, 11) is -3.74. The van der Waals surface area contributed by atoms with E-state index in [-0.39, 0.29) is 16.8 Å². The van der Waals surface area contributed by atoms with E-state index in [0.29, 0.717) is 11.3 Å². The average molecular weight is 437 g/mol. The van der Waals surface area contributed by atoms with Crippen LogP contribution in [0.1, 0.15) is 51.1 Å². The highest BCUT2D eigenvalue weighted by Crippen LogP contribution is 2.24. The number of sulfonamides is 1. The molecule has 1 atom stereocenters. The van der Waals surface area contributed by atoms with Gasteiger partial charge in [-0.2, -0.15) is 0 Å². The molecule has 3 aromatic rings. The van der Waals surface area contributed by atoms with Gasteiger partial charge in [0, 0.05) is 5.56 Å². The minimum absolute atomic E-state index is 0.170. The molecule has 0 aromatic heterocycles. The van der Waals surface area contributed by atoms with Crippen LogP contribution in [0.3, 0.4) is 0 Å². The van der Waals surface area contributed by atoms with Crippen molar-refractivity contribution < 1.29 is 13.2 Å². The van der Waals surface area contributed by atoms with Gasteiger partial charge >= 0.3 is 0 Å². The van der Waals surface area contributed by atoms with Crippen LogP contribution in [0.4, 0.5) is 5.69 Å². The van der Waals surface area contributed by atoms with Crippen LogP contribution < -0.4 is 10.0 Å². The monoisotopic (exact) mass is 436 g/mol. The largest absolute Gasteiger partial charge is 0.346 e. The van der Waals surface area contributed by atoms with E-state index < -0.39 is 10.0 Å². The van der Waals surface area contributed by atoms with Crippen LogP contribution in [-0.4, -0.2) is 14.3 Å². The van der Waals surface area contributed by atoms with E-state index in [1.54, 1.807) is 43.3 Å². The van der Waals surface area contributed by atoms with Crippen molar-refractivity contribution in [2.24, 2.45) is 0 Å². The van der Waals surface area contributed by atoms with E-state index >= 15 is 0 Å². The van der Waals surface area contributed by atoms with Gasteiger partial charge in [-0.25, -0.2) is 8.42 Å². The molecule has 0 aliphatic rings. The summed E-state index contributed by atoms with van der Waals surface area (Å²) >= 11 is 0. The third kappa shape index (κ3) is 5.14. The summed E-state index contributed by atoms with van der Waals surface area (Å²) in [4.78, 5) is 13.1. The van der Waals surface area contributed by atoms with Crippen molar-refractivity contribution in [1.29, 1.82) is 0 Å². The molecule has 162 valence electrons. The molecule has 3 rings (SSSR count). The second kappa shape index (κ2) is 8.94. The standard InChI is InChI=1S/C25H28N2O3S/c1-16-11-12-21(15-24(16)27-31(29,30)22-9-7-6-8-10-22)25(28)26-20(5)23-14-18(3)17(2)13-19(23)4/h6-15,20,27H,1-5H3,(H,26,28). The van der Waals surface area contributed by atoms with Crippen LogP contribution in [0.2, 0.25) is 0 Å². The van der Waals surface area contributed by atoms with Crippen LogP contribution in [-0.2, 0) is 10.0 Å². The molecule has 2 N–H and O–H groups in total. The molecule has 0 aliphatic heterocycles. The Morgan fingerprint density at radius 2 is 1.45 bits per heavy atom. The molecule has 1 unspecified atom stereocenters. The summed E-state index contributed by atoms with van der Waals surface area (Å²) in [6.45, 7) is 9.90. The molecule has 6 heteroatoms. The normalized spacial score (nSPS) is 12.3. The van der Waals surface area contributed by atoms with Crippen molar-refractivity contribution in [1.82, 2.24) is 5.32 Å². The number of rotatable bonds is 6. The topological polar surface area (TPSA) is 75.3 Å². The van der Waals surface area contributed by atoms with Gasteiger partial charge in [0.15, 0.2) is 0 Å². The number of carbonyl (C=O) groups excluding carboxylic acids is 1. The van der Waals surface area contributed by atoms with E-state index in [4.69, 9.17) is 0 Å². The minimum Gasteiger partial charge on any atom is -0.346 e. The van der Waals surface area contributed by atoms with Crippen molar-refractivity contribution in [3.8, 4) is 0 Å². The fraction of sp³-hybridized carbons (Fsp3) is 0.240. The molecule has 0 bridgehead atoms. The van der Waals surface area contributed by atoms with Crippen LogP contribution in [0.15, 0.2) is 65.6 Å². The zero-order chi connectivity index (χ0) is 22.8. The molecule has 0 heterocycles. The number of hydrogen-bond donors (Lipinski definition) is 2. The highest BCUT2D eigenvalue weighted by atomic mass is 32.2. The van der Waals surface area contributed by atoms with Crippen molar-refractivity contribution in [2.45, 2.75) is 45.6 Å². The minimum atomic E-state index is -3.74. The van der Waals surface area contributed by atoms with Gasteiger partial charge in [-0.3, -0.25) is 9.52 Å². The molecule has 0 fully saturated rings. The maximum atomic E-state index is 12.9. The first kappa shape index (κ1) is 22.6. The molecule has 0 spiro atoms. The number of carbonyl (C=O) groups is 1. The van der Waals surface area contributed by atoms with Crippen LogP contribution >= 0.6 is 0 Å². The third-order valence-corrected chi connectivity index (χ3v) is 6.88. The number of hydrogen-bond acceptors (Lipinski definition) is 3. The summed E-state index contributed by atoms with van der Waals surface area (Å²) in [6, 6.07) is 17.2.